The average molecular weight is 450 g/mol. The molecule has 2 amide bonds. The van der Waals surface area contributed by atoms with E-state index in [2.05, 4.69) is 5.32 Å². The number of fused-ring (bicyclic) bond motifs is 1. The maximum absolute atomic E-state index is 12.9. The van der Waals surface area contributed by atoms with E-state index in [4.69, 9.17) is 14.7 Å². The molecule has 8 heteroatoms. The Balaban J connectivity index is 1.93. The first-order valence-corrected chi connectivity index (χ1v) is 10.2. The Labute approximate surface area is 191 Å². The quantitative estimate of drug-likeness (QED) is 0.230. The third kappa shape index (κ3) is 5.61. The third-order valence-electron chi connectivity index (χ3n) is 5.21. The molecule has 0 bridgehead atoms. The number of anilines is 1. The third-order valence-corrected chi connectivity index (χ3v) is 5.21. The molecule has 0 aliphatic heterocycles. The van der Waals surface area contributed by atoms with Crippen LogP contribution in [0.25, 0.3) is 10.8 Å². The number of methoxy groups -OCH3 is 1. The van der Waals surface area contributed by atoms with Crippen molar-refractivity contribution < 1.29 is 29.4 Å². The summed E-state index contributed by atoms with van der Waals surface area (Å²) in [5.74, 6) is -0.573. The second kappa shape index (κ2) is 10.1. The second-order valence-corrected chi connectivity index (χ2v) is 8.00. The number of hydroxylamine groups is 1. The van der Waals surface area contributed by atoms with Crippen molar-refractivity contribution in [3.05, 3.63) is 78.4 Å². The van der Waals surface area contributed by atoms with E-state index in [1.54, 1.807) is 32.0 Å². The number of phenolic OH excluding ortho intramolecular Hbond substituents is 1. The number of carbonyl (C=O) groups is 2. The first-order chi connectivity index (χ1) is 15.7. The number of aromatic hydroxyl groups is 1. The molecule has 172 valence electrons. The average Bonchev–Trinajstić information content (AvgIpc) is 2.81. The van der Waals surface area contributed by atoms with E-state index in [1.165, 1.54) is 24.7 Å². The van der Waals surface area contributed by atoms with Gasteiger partial charge in [-0.15, -0.1) is 0 Å². The number of amides is 2. The standard InChI is InChI=1S/C25H26N2O6/c1-25(2,14-13-22(29)27-31)23(17-11-12-21(32-3)20(28)15-17)33-24(30)26-19-10-6-8-16-7-4-5-9-18(16)19/h4-15,23,28,31H,1-3H3,(H,26,30)(H,27,29)/b14-13+/t23-/m0/s1. The van der Waals surface area contributed by atoms with Crippen LogP contribution in [0, 0.1) is 5.41 Å². The number of hydrogen-bond donors (Lipinski definition) is 4. The van der Waals surface area contributed by atoms with Gasteiger partial charge in [-0.3, -0.25) is 15.3 Å². The van der Waals surface area contributed by atoms with Crippen molar-refractivity contribution in [3.63, 3.8) is 0 Å². The van der Waals surface area contributed by atoms with Gasteiger partial charge in [0.1, 0.15) is 6.10 Å². The van der Waals surface area contributed by atoms with Gasteiger partial charge in [0.2, 0.25) is 0 Å². The normalized spacial score (nSPS) is 12.4. The van der Waals surface area contributed by atoms with Crippen molar-refractivity contribution in [2.45, 2.75) is 20.0 Å². The van der Waals surface area contributed by atoms with Gasteiger partial charge in [0.25, 0.3) is 5.91 Å². The monoisotopic (exact) mass is 450 g/mol. The number of rotatable bonds is 7. The molecular weight excluding hydrogens is 424 g/mol. The van der Waals surface area contributed by atoms with Gasteiger partial charge in [-0.2, -0.15) is 0 Å². The predicted molar refractivity (Wildman–Crippen MR) is 124 cm³/mol. The van der Waals surface area contributed by atoms with Crippen LogP contribution in [0.4, 0.5) is 10.5 Å². The fourth-order valence-corrected chi connectivity index (χ4v) is 3.52. The fraction of sp³-hybridized carbons (Fsp3) is 0.200. The van der Waals surface area contributed by atoms with E-state index in [-0.39, 0.29) is 11.5 Å². The molecule has 0 saturated carbocycles. The van der Waals surface area contributed by atoms with E-state index < -0.39 is 23.5 Å². The molecule has 3 aromatic carbocycles. The number of carbonyl (C=O) groups excluding carboxylic acids is 2. The zero-order valence-corrected chi connectivity index (χ0v) is 18.5. The van der Waals surface area contributed by atoms with E-state index in [1.807, 2.05) is 36.4 Å². The van der Waals surface area contributed by atoms with Crippen molar-refractivity contribution >= 4 is 28.5 Å². The van der Waals surface area contributed by atoms with E-state index >= 15 is 0 Å². The summed E-state index contributed by atoms with van der Waals surface area (Å²) in [5, 5.41) is 23.6. The van der Waals surface area contributed by atoms with E-state index in [0.717, 1.165) is 16.8 Å². The lowest BCUT2D eigenvalue weighted by Crippen LogP contribution is -2.28. The number of nitrogens with one attached hydrogen (secondary N) is 2. The zero-order chi connectivity index (χ0) is 24.0. The molecule has 8 nitrogen and oxygen atoms in total. The van der Waals surface area contributed by atoms with E-state index in [9.17, 15) is 14.7 Å². The summed E-state index contributed by atoms with van der Waals surface area (Å²) in [7, 11) is 1.43. The Hall–Kier alpha value is -4.04. The number of ether oxygens (including phenoxy) is 2. The summed E-state index contributed by atoms with van der Waals surface area (Å²) in [4.78, 5) is 24.4. The van der Waals surface area contributed by atoms with Crippen LogP contribution >= 0.6 is 0 Å². The Bertz CT molecular complexity index is 1180. The van der Waals surface area contributed by atoms with Gasteiger partial charge in [-0.25, -0.2) is 10.3 Å². The molecule has 33 heavy (non-hydrogen) atoms. The van der Waals surface area contributed by atoms with Crippen molar-refractivity contribution in [2.24, 2.45) is 5.41 Å². The number of benzene rings is 3. The predicted octanol–water partition coefficient (Wildman–Crippen LogP) is 4.93. The molecule has 0 aliphatic carbocycles. The van der Waals surface area contributed by atoms with Crippen LogP contribution in [0.3, 0.4) is 0 Å². The molecule has 0 unspecified atom stereocenters. The maximum Gasteiger partial charge on any atom is 0.412 e. The van der Waals surface area contributed by atoms with Crippen LogP contribution in [0.2, 0.25) is 0 Å². The van der Waals surface area contributed by atoms with Crippen LogP contribution in [0.5, 0.6) is 11.5 Å². The number of hydrogen-bond acceptors (Lipinski definition) is 6. The molecule has 1 atom stereocenters. The molecule has 0 saturated heterocycles. The second-order valence-electron chi connectivity index (χ2n) is 8.00. The summed E-state index contributed by atoms with van der Waals surface area (Å²) >= 11 is 0. The van der Waals surface area contributed by atoms with Crippen LogP contribution in [0.1, 0.15) is 25.5 Å². The van der Waals surface area contributed by atoms with Gasteiger partial charge in [0.15, 0.2) is 11.5 Å². The highest BCUT2D eigenvalue weighted by molar-refractivity contribution is 6.00. The van der Waals surface area contributed by atoms with Crippen LogP contribution in [-0.2, 0) is 9.53 Å². The van der Waals surface area contributed by atoms with Crippen LogP contribution in [-0.4, -0.2) is 29.4 Å². The largest absolute Gasteiger partial charge is 0.504 e. The fourth-order valence-electron chi connectivity index (χ4n) is 3.52. The molecule has 0 fully saturated rings. The highest BCUT2D eigenvalue weighted by Crippen LogP contribution is 2.41. The van der Waals surface area contributed by atoms with Gasteiger partial charge < -0.3 is 14.6 Å². The molecule has 0 aliphatic rings. The van der Waals surface area contributed by atoms with Crippen molar-refractivity contribution in [1.29, 1.82) is 0 Å². The summed E-state index contributed by atoms with van der Waals surface area (Å²) in [6, 6.07) is 17.8. The Morgan fingerprint density at radius 2 is 1.79 bits per heavy atom. The van der Waals surface area contributed by atoms with Crippen LogP contribution < -0.4 is 15.5 Å². The first kappa shape index (κ1) is 23.6. The summed E-state index contributed by atoms with van der Waals surface area (Å²) in [5.41, 5.74) is 1.70. The summed E-state index contributed by atoms with van der Waals surface area (Å²) in [6.07, 6.45) is 1.05. The molecular formula is C25H26N2O6. The highest BCUT2D eigenvalue weighted by atomic mass is 16.6. The van der Waals surface area contributed by atoms with Gasteiger partial charge in [-0.05, 0) is 29.1 Å². The summed E-state index contributed by atoms with van der Waals surface area (Å²) < 4.78 is 10.9. The van der Waals surface area contributed by atoms with Crippen molar-refractivity contribution in [2.75, 3.05) is 12.4 Å². The molecule has 4 N–H and O–H groups in total. The Morgan fingerprint density at radius 3 is 2.48 bits per heavy atom. The van der Waals surface area contributed by atoms with Crippen molar-refractivity contribution in [1.82, 2.24) is 5.48 Å². The van der Waals surface area contributed by atoms with Gasteiger partial charge in [-0.1, -0.05) is 62.4 Å². The Kier molecular flexibility index (Phi) is 7.20. The smallest absolute Gasteiger partial charge is 0.412 e. The lowest BCUT2D eigenvalue weighted by Gasteiger charge is -2.32. The van der Waals surface area contributed by atoms with E-state index in [0.29, 0.717) is 11.3 Å². The first-order valence-electron chi connectivity index (χ1n) is 10.2. The molecule has 3 rings (SSSR count). The maximum atomic E-state index is 12.9. The molecule has 0 radical (unpaired) electrons. The molecule has 0 aromatic heterocycles. The minimum atomic E-state index is -0.899. The highest BCUT2D eigenvalue weighted by Gasteiger charge is 2.33. The topological polar surface area (TPSA) is 117 Å². The van der Waals surface area contributed by atoms with Gasteiger partial charge in [0.05, 0.1) is 12.8 Å². The van der Waals surface area contributed by atoms with Crippen molar-refractivity contribution in [3.8, 4) is 11.5 Å². The minimum absolute atomic E-state index is 0.119. The molecule has 0 heterocycles. The molecule has 3 aromatic rings. The minimum Gasteiger partial charge on any atom is -0.504 e. The van der Waals surface area contributed by atoms with Crippen LogP contribution in [0.15, 0.2) is 72.8 Å². The lowest BCUT2D eigenvalue weighted by atomic mass is 9.82. The Morgan fingerprint density at radius 1 is 1.06 bits per heavy atom. The SMILES string of the molecule is COc1ccc([C@H](OC(=O)Nc2cccc3ccccc23)C(C)(C)/C=C/C(=O)NO)cc1O. The molecule has 0 spiro atoms. The van der Waals surface area contributed by atoms with Gasteiger partial charge >= 0.3 is 6.09 Å². The summed E-state index contributed by atoms with van der Waals surface area (Å²) in [6.45, 7) is 3.51. The van der Waals surface area contributed by atoms with Gasteiger partial charge in [0, 0.05) is 16.9 Å². The lowest BCUT2D eigenvalue weighted by molar-refractivity contribution is -0.124. The zero-order valence-electron chi connectivity index (χ0n) is 18.5. The number of phenols is 1.